The van der Waals surface area contributed by atoms with Crippen molar-refractivity contribution in [3.8, 4) is 11.3 Å². The van der Waals surface area contributed by atoms with Crippen molar-refractivity contribution >= 4 is 17.7 Å². The van der Waals surface area contributed by atoms with E-state index in [9.17, 15) is 9.59 Å². The lowest BCUT2D eigenvalue weighted by Crippen LogP contribution is -2.35. The van der Waals surface area contributed by atoms with E-state index < -0.39 is 0 Å². The highest BCUT2D eigenvalue weighted by Gasteiger charge is 2.33. The summed E-state index contributed by atoms with van der Waals surface area (Å²) in [6.45, 7) is 0.801. The zero-order valence-corrected chi connectivity index (χ0v) is 17.1. The number of aromatic nitrogens is 1. The van der Waals surface area contributed by atoms with Crippen LogP contribution >= 0.6 is 0 Å². The first kappa shape index (κ1) is 19.2. The van der Waals surface area contributed by atoms with Crippen LogP contribution in [0.25, 0.3) is 11.3 Å². The third kappa shape index (κ3) is 3.80. The molecule has 1 aromatic carbocycles. The van der Waals surface area contributed by atoms with Crippen LogP contribution in [0.4, 0.5) is 10.5 Å². The Balaban J connectivity index is 1.23. The van der Waals surface area contributed by atoms with E-state index in [4.69, 9.17) is 9.26 Å². The maximum atomic E-state index is 12.5. The molecule has 1 aromatic heterocycles. The van der Waals surface area contributed by atoms with Crippen LogP contribution in [0.2, 0.25) is 0 Å². The zero-order chi connectivity index (χ0) is 20.5. The lowest BCUT2D eigenvalue weighted by Gasteiger charge is -2.16. The van der Waals surface area contributed by atoms with Crippen LogP contribution < -0.4 is 10.2 Å². The van der Waals surface area contributed by atoms with Gasteiger partial charge < -0.3 is 14.6 Å². The monoisotopic (exact) mass is 409 g/mol. The van der Waals surface area contributed by atoms with Gasteiger partial charge in [0.2, 0.25) is 5.91 Å². The molecule has 3 aliphatic rings. The minimum absolute atomic E-state index is 0.0595. The summed E-state index contributed by atoms with van der Waals surface area (Å²) in [6, 6.07) is 5.98. The van der Waals surface area contributed by atoms with Crippen molar-refractivity contribution in [3.05, 3.63) is 35.5 Å². The number of hydrogen-bond donors (Lipinski definition) is 1. The highest BCUT2D eigenvalue weighted by atomic mass is 16.6. The fraction of sp³-hybridized carbons (Fsp3) is 0.522. The van der Waals surface area contributed by atoms with E-state index in [1.165, 1.54) is 12.8 Å². The number of amides is 2. The highest BCUT2D eigenvalue weighted by Crippen LogP contribution is 2.35. The molecule has 7 heteroatoms. The number of nitrogens with one attached hydrogen (secondary N) is 1. The van der Waals surface area contributed by atoms with Crippen molar-refractivity contribution in [1.29, 1.82) is 0 Å². The number of carbonyl (C=O) groups excluding carboxylic acids is 2. The topological polar surface area (TPSA) is 84.7 Å². The Morgan fingerprint density at radius 2 is 2.00 bits per heavy atom. The Morgan fingerprint density at radius 1 is 1.17 bits per heavy atom. The third-order valence-electron chi connectivity index (χ3n) is 6.53. The van der Waals surface area contributed by atoms with Gasteiger partial charge in [-0.05, 0) is 61.8 Å². The molecule has 2 aliphatic carbocycles. The summed E-state index contributed by atoms with van der Waals surface area (Å²) in [5.74, 6) is 1.40. The molecule has 1 aliphatic heterocycles. The molecule has 1 saturated heterocycles. The van der Waals surface area contributed by atoms with Crippen LogP contribution in [0.1, 0.15) is 49.7 Å². The van der Waals surface area contributed by atoms with Gasteiger partial charge in [0, 0.05) is 23.2 Å². The Morgan fingerprint density at radius 3 is 2.87 bits per heavy atom. The first-order valence-corrected chi connectivity index (χ1v) is 11.0. The van der Waals surface area contributed by atoms with Gasteiger partial charge in [0.05, 0.1) is 19.3 Å². The van der Waals surface area contributed by atoms with Gasteiger partial charge in [-0.2, -0.15) is 0 Å². The number of benzene rings is 1. The van der Waals surface area contributed by atoms with Crippen LogP contribution in [0.15, 0.2) is 28.9 Å². The van der Waals surface area contributed by atoms with E-state index >= 15 is 0 Å². The van der Waals surface area contributed by atoms with Gasteiger partial charge in [-0.3, -0.25) is 9.69 Å². The normalized spacial score (nSPS) is 21.1. The van der Waals surface area contributed by atoms with E-state index in [2.05, 4.69) is 16.5 Å². The summed E-state index contributed by atoms with van der Waals surface area (Å²) in [6.07, 6.45) is 9.32. The van der Waals surface area contributed by atoms with E-state index in [0.717, 1.165) is 60.2 Å². The molecule has 1 unspecified atom stereocenters. The molecule has 2 aromatic rings. The average Bonchev–Trinajstić information content (AvgIpc) is 3.47. The Labute approximate surface area is 175 Å². The lowest BCUT2D eigenvalue weighted by atomic mass is 10.0. The van der Waals surface area contributed by atoms with Gasteiger partial charge in [-0.25, -0.2) is 4.79 Å². The SMILES string of the molecule is O=C(CC1CCCC1)NCC1CN(c2ccc3c(c2)CCCc2cnoc2-3)C(=O)O1. The predicted octanol–water partition coefficient (Wildman–Crippen LogP) is 3.85. The number of fused-ring (bicyclic) bond motifs is 3. The first-order chi connectivity index (χ1) is 14.7. The van der Waals surface area contributed by atoms with E-state index in [1.54, 1.807) is 11.1 Å². The standard InChI is InChI=1S/C23H27N3O4/c27-21(10-15-4-1-2-5-15)24-13-19-14-26(23(28)29-19)18-8-9-20-16(11-18)6-3-7-17-12-25-30-22(17)20/h8-9,11-12,15,19H,1-7,10,13-14H2,(H,24,27). The molecule has 0 spiro atoms. The van der Waals surface area contributed by atoms with Gasteiger partial charge in [-0.1, -0.05) is 18.0 Å². The number of nitrogens with zero attached hydrogens (tertiary/aromatic N) is 2. The van der Waals surface area contributed by atoms with Gasteiger partial charge >= 0.3 is 6.09 Å². The van der Waals surface area contributed by atoms with Crippen LogP contribution in [0, 0.1) is 5.92 Å². The number of cyclic esters (lactones) is 1. The molecule has 1 atom stereocenters. The molecule has 158 valence electrons. The smallest absolute Gasteiger partial charge is 0.414 e. The van der Waals surface area contributed by atoms with Crippen LogP contribution in [0.3, 0.4) is 0 Å². The fourth-order valence-corrected chi connectivity index (χ4v) is 4.92. The van der Waals surface area contributed by atoms with Crippen molar-refractivity contribution in [3.63, 3.8) is 0 Å². The van der Waals surface area contributed by atoms with E-state index in [0.29, 0.717) is 25.4 Å². The van der Waals surface area contributed by atoms with Crippen LogP contribution in [-0.2, 0) is 22.4 Å². The van der Waals surface area contributed by atoms with E-state index in [-0.39, 0.29) is 18.1 Å². The second kappa shape index (κ2) is 8.13. The largest absolute Gasteiger partial charge is 0.442 e. The van der Waals surface area contributed by atoms with Crippen LogP contribution in [-0.4, -0.2) is 36.4 Å². The van der Waals surface area contributed by atoms with Crippen molar-refractivity contribution in [2.24, 2.45) is 5.92 Å². The van der Waals surface area contributed by atoms with Crippen molar-refractivity contribution in [2.75, 3.05) is 18.0 Å². The molecule has 30 heavy (non-hydrogen) atoms. The molecule has 5 rings (SSSR count). The molecule has 1 N–H and O–H groups in total. The van der Waals surface area contributed by atoms with Crippen molar-refractivity contribution in [1.82, 2.24) is 10.5 Å². The number of carbonyl (C=O) groups is 2. The maximum Gasteiger partial charge on any atom is 0.414 e. The van der Waals surface area contributed by atoms with Crippen molar-refractivity contribution < 1.29 is 18.8 Å². The zero-order valence-electron chi connectivity index (χ0n) is 17.1. The van der Waals surface area contributed by atoms with Gasteiger partial charge in [0.25, 0.3) is 0 Å². The first-order valence-electron chi connectivity index (χ1n) is 11.0. The third-order valence-corrected chi connectivity index (χ3v) is 6.53. The Bertz CT molecular complexity index is 948. The second-order valence-electron chi connectivity index (χ2n) is 8.65. The Hall–Kier alpha value is -2.83. The molecular formula is C23H27N3O4. The fourth-order valence-electron chi connectivity index (χ4n) is 4.92. The van der Waals surface area contributed by atoms with Gasteiger partial charge in [-0.15, -0.1) is 0 Å². The molecule has 2 fully saturated rings. The average molecular weight is 409 g/mol. The van der Waals surface area contributed by atoms with Crippen LogP contribution in [0.5, 0.6) is 0 Å². The number of ether oxygens (including phenoxy) is 1. The predicted molar refractivity (Wildman–Crippen MR) is 111 cm³/mol. The van der Waals surface area contributed by atoms with Gasteiger partial charge in [0.1, 0.15) is 6.10 Å². The molecular weight excluding hydrogens is 382 g/mol. The maximum absolute atomic E-state index is 12.5. The number of rotatable bonds is 5. The molecule has 0 bridgehead atoms. The number of aryl methyl sites for hydroxylation is 2. The molecule has 0 radical (unpaired) electrons. The summed E-state index contributed by atoms with van der Waals surface area (Å²) in [7, 11) is 0. The summed E-state index contributed by atoms with van der Waals surface area (Å²) in [5.41, 5.74) is 4.16. The number of hydrogen-bond acceptors (Lipinski definition) is 5. The van der Waals surface area contributed by atoms with Crippen molar-refractivity contribution in [2.45, 2.75) is 57.5 Å². The molecule has 1 saturated carbocycles. The number of anilines is 1. The summed E-state index contributed by atoms with van der Waals surface area (Å²) < 4.78 is 11.0. The lowest BCUT2D eigenvalue weighted by molar-refractivity contribution is -0.122. The highest BCUT2D eigenvalue weighted by molar-refractivity contribution is 5.90. The molecule has 2 heterocycles. The minimum atomic E-state index is -0.362. The minimum Gasteiger partial charge on any atom is -0.442 e. The quantitative estimate of drug-likeness (QED) is 0.811. The van der Waals surface area contributed by atoms with Gasteiger partial charge in [0.15, 0.2) is 5.76 Å². The second-order valence-corrected chi connectivity index (χ2v) is 8.65. The summed E-state index contributed by atoms with van der Waals surface area (Å²) in [4.78, 5) is 26.3. The summed E-state index contributed by atoms with van der Waals surface area (Å²) in [5, 5.41) is 6.89. The molecule has 2 amide bonds. The molecule has 7 nitrogen and oxygen atoms in total. The summed E-state index contributed by atoms with van der Waals surface area (Å²) >= 11 is 0. The van der Waals surface area contributed by atoms with E-state index in [1.807, 2.05) is 12.1 Å². The Kier molecular flexibility index (Phi) is 5.19.